The van der Waals surface area contributed by atoms with E-state index in [1.54, 1.807) is 11.9 Å². The van der Waals surface area contributed by atoms with E-state index in [9.17, 15) is 4.79 Å². The number of carbonyl (C=O) groups is 1. The van der Waals surface area contributed by atoms with E-state index in [2.05, 4.69) is 15.5 Å². The summed E-state index contributed by atoms with van der Waals surface area (Å²) in [6, 6.07) is 7.91. The lowest BCUT2D eigenvalue weighted by Gasteiger charge is -2.15. The Morgan fingerprint density at radius 3 is 2.63 bits per heavy atom. The third-order valence-electron chi connectivity index (χ3n) is 3.18. The molecule has 0 spiro atoms. The second-order valence-electron chi connectivity index (χ2n) is 4.44. The zero-order valence-electron chi connectivity index (χ0n) is 11.5. The summed E-state index contributed by atoms with van der Waals surface area (Å²) in [5.74, 6) is 0.688. The fourth-order valence-electron chi connectivity index (χ4n) is 1.84. The highest BCUT2D eigenvalue weighted by atomic mass is 16.2. The van der Waals surface area contributed by atoms with Gasteiger partial charge in [-0.15, -0.1) is 5.10 Å². The first kappa shape index (κ1) is 13.3. The Bertz CT molecular complexity index is 597. The van der Waals surface area contributed by atoms with Crippen LogP contribution in [0.5, 0.6) is 0 Å². The van der Waals surface area contributed by atoms with Crippen molar-refractivity contribution in [3.63, 3.8) is 0 Å². The van der Waals surface area contributed by atoms with Crippen LogP contribution in [0.2, 0.25) is 0 Å². The van der Waals surface area contributed by atoms with Gasteiger partial charge >= 0.3 is 0 Å². The maximum absolute atomic E-state index is 11.8. The van der Waals surface area contributed by atoms with Crippen LogP contribution in [0.1, 0.15) is 12.6 Å². The Hall–Kier alpha value is -2.17. The zero-order valence-corrected chi connectivity index (χ0v) is 11.5. The summed E-state index contributed by atoms with van der Waals surface area (Å²) in [7, 11) is 1.78. The molecule has 1 aromatic heterocycles. The van der Waals surface area contributed by atoms with E-state index in [1.165, 1.54) is 0 Å². The highest BCUT2D eigenvalue weighted by Crippen LogP contribution is 2.21. The van der Waals surface area contributed by atoms with Crippen molar-refractivity contribution in [1.82, 2.24) is 15.1 Å². The lowest BCUT2D eigenvalue weighted by Crippen LogP contribution is -2.32. The van der Waals surface area contributed by atoms with Crippen molar-refractivity contribution >= 4 is 22.5 Å². The van der Waals surface area contributed by atoms with Crippen LogP contribution in [0.25, 0.3) is 10.8 Å². The number of hydrogen-bond acceptors (Lipinski definition) is 4. The summed E-state index contributed by atoms with van der Waals surface area (Å²) < 4.78 is 0. The molecule has 1 aromatic carbocycles. The number of amides is 1. The molecule has 19 heavy (non-hydrogen) atoms. The maximum Gasteiger partial charge on any atom is 0.241 e. The van der Waals surface area contributed by atoms with Gasteiger partial charge in [-0.25, -0.2) is 0 Å². The monoisotopic (exact) mass is 258 g/mol. The van der Waals surface area contributed by atoms with Crippen molar-refractivity contribution in [1.29, 1.82) is 0 Å². The Kier molecular flexibility index (Phi) is 3.94. The summed E-state index contributed by atoms with van der Waals surface area (Å²) >= 11 is 0. The second kappa shape index (κ2) is 5.65. The number of aryl methyl sites for hydroxylation is 1. The first-order chi connectivity index (χ1) is 9.13. The van der Waals surface area contributed by atoms with Gasteiger partial charge in [0.05, 0.1) is 12.2 Å². The third-order valence-corrected chi connectivity index (χ3v) is 3.18. The van der Waals surface area contributed by atoms with Crippen molar-refractivity contribution in [2.75, 3.05) is 25.5 Å². The maximum atomic E-state index is 11.8. The van der Waals surface area contributed by atoms with E-state index < -0.39 is 0 Å². The number of anilines is 1. The van der Waals surface area contributed by atoms with Crippen LogP contribution in [-0.4, -0.2) is 41.1 Å². The van der Waals surface area contributed by atoms with Gasteiger partial charge in [-0.1, -0.05) is 24.3 Å². The van der Waals surface area contributed by atoms with Crippen molar-refractivity contribution in [2.24, 2.45) is 0 Å². The molecule has 0 radical (unpaired) electrons. The lowest BCUT2D eigenvalue weighted by molar-refractivity contribution is -0.127. The normalized spacial score (nSPS) is 10.5. The van der Waals surface area contributed by atoms with Crippen LogP contribution >= 0.6 is 0 Å². The Labute approximate surface area is 112 Å². The quantitative estimate of drug-likeness (QED) is 0.909. The molecule has 0 bridgehead atoms. The number of fused-ring (bicyclic) bond motifs is 1. The SMILES string of the molecule is CCN(C)C(=O)CNc1nnc(C)c2ccccc12. The van der Waals surface area contributed by atoms with Gasteiger partial charge < -0.3 is 10.2 Å². The Morgan fingerprint density at radius 1 is 1.26 bits per heavy atom. The molecular weight excluding hydrogens is 240 g/mol. The minimum atomic E-state index is 0.0361. The summed E-state index contributed by atoms with van der Waals surface area (Å²) in [5, 5.41) is 13.3. The number of aromatic nitrogens is 2. The molecule has 0 aliphatic heterocycles. The fourth-order valence-corrected chi connectivity index (χ4v) is 1.84. The minimum absolute atomic E-state index is 0.0361. The van der Waals surface area contributed by atoms with Gasteiger partial charge in [0.2, 0.25) is 5.91 Å². The van der Waals surface area contributed by atoms with Crippen molar-refractivity contribution in [2.45, 2.75) is 13.8 Å². The molecule has 0 aliphatic rings. The van der Waals surface area contributed by atoms with Crippen molar-refractivity contribution in [3.05, 3.63) is 30.0 Å². The summed E-state index contributed by atoms with van der Waals surface area (Å²) in [4.78, 5) is 13.4. The number of nitrogens with one attached hydrogen (secondary N) is 1. The smallest absolute Gasteiger partial charge is 0.241 e. The molecule has 0 atom stereocenters. The predicted octanol–water partition coefficient (Wildman–Crippen LogP) is 1.83. The van der Waals surface area contributed by atoms with Gasteiger partial charge in [-0.2, -0.15) is 5.10 Å². The Balaban J connectivity index is 2.22. The first-order valence-electron chi connectivity index (χ1n) is 6.33. The second-order valence-corrected chi connectivity index (χ2v) is 4.44. The van der Waals surface area contributed by atoms with Gasteiger partial charge in [0.1, 0.15) is 0 Å². The molecule has 1 N–H and O–H groups in total. The molecule has 1 heterocycles. The van der Waals surface area contributed by atoms with Crippen LogP contribution in [0.3, 0.4) is 0 Å². The Morgan fingerprint density at radius 2 is 1.95 bits per heavy atom. The molecule has 2 aromatic rings. The van der Waals surface area contributed by atoms with Gasteiger partial charge in [0, 0.05) is 24.4 Å². The summed E-state index contributed by atoms with van der Waals surface area (Å²) in [6.07, 6.45) is 0. The number of likely N-dealkylation sites (N-methyl/N-ethyl adjacent to an activating group) is 1. The topological polar surface area (TPSA) is 58.1 Å². The molecule has 2 rings (SSSR count). The number of benzene rings is 1. The zero-order chi connectivity index (χ0) is 13.8. The van der Waals surface area contributed by atoms with Gasteiger partial charge in [0.25, 0.3) is 0 Å². The average molecular weight is 258 g/mol. The van der Waals surface area contributed by atoms with Crippen LogP contribution in [0.4, 0.5) is 5.82 Å². The molecular formula is C14H18N4O. The number of carbonyl (C=O) groups excluding carboxylic acids is 1. The molecule has 0 fully saturated rings. The van der Waals surface area contributed by atoms with Gasteiger partial charge in [-0.3, -0.25) is 4.79 Å². The molecule has 1 amide bonds. The van der Waals surface area contributed by atoms with E-state index in [1.807, 2.05) is 38.1 Å². The van der Waals surface area contributed by atoms with E-state index in [0.29, 0.717) is 12.4 Å². The van der Waals surface area contributed by atoms with Crippen molar-refractivity contribution < 1.29 is 4.79 Å². The minimum Gasteiger partial charge on any atom is -0.359 e. The largest absolute Gasteiger partial charge is 0.359 e. The first-order valence-corrected chi connectivity index (χ1v) is 6.33. The lowest BCUT2D eigenvalue weighted by atomic mass is 10.1. The van der Waals surface area contributed by atoms with Crippen LogP contribution in [-0.2, 0) is 4.79 Å². The molecule has 0 saturated carbocycles. The molecule has 100 valence electrons. The van der Waals surface area contributed by atoms with E-state index in [-0.39, 0.29) is 12.5 Å². The van der Waals surface area contributed by atoms with Crippen molar-refractivity contribution in [3.8, 4) is 0 Å². The average Bonchev–Trinajstić information content (AvgIpc) is 2.45. The fraction of sp³-hybridized carbons (Fsp3) is 0.357. The standard InChI is InChI=1S/C14H18N4O/c1-4-18(3)13(19)9-15-14-12-8-6-5-7-11(12)10(2)16-17-14/h5-8H,4,9H2,1-3H3,(H,15,17). The number of hydrogen-bond donors (Lipinski definition) is 1. The summed E-state index contributed by atoms with van der Waals surface area (Å²) in [6.45, 7) is 4.79. The van der Waals surface area contributed by atoms with Crippen LogP contribution in [0, 0.1) is 6.92 Å². The van der Waals surface area contributed by atoms with E-state index in [0.717, 1.165) is 16.5 Å². The predicted molar refractivity (Wildman–Crippen MR) is 76.1 cm³/mol. The molecule has 0 aliphatic carbocycles. The molecule has 5 heteroatoms. The third kappa shape index (κ3) is 2.81. The highest BCUT2D eigenvalue weighted by Gasteiger charge is 2.09. The van der Waals surface area contributed by atoms with Crippen LogP contribution in [0.15, 0.2) is 24.3 Å². The van der Waals surface area contributed by atoms with Crippen LogP contribution < -0.4 is 5.32 Å². The number of nitrogens with zero attached hydrogens (tertiary/aromatic N) is 3. The highest BCUT2D eigenvalue weighted by molar-refractivity contribution is 5.94. The number of rotatable bonds is 4. The van der Waals surface area contributed by atoms with Gasteiger partial charge in [-0.05, 0) is 13.8 Å². The molecule has 0 unspecified atom stereocenters. The summed E-state index contributed by atoms with van der Waals surface area (Å²) in [5.41, 5.74) is 0.887. The van der Waals surface area contributed by atoms with E-state index >= 15 is 0 Å². The molecule has 0 saturated heterocycles. The van der Waals surface area contributed by atoms with E-state index in [4.69, 9.17) is 0 Å². The van der Waals surface area contributed by atoms with Gasteiger partial charge in [0.15, 0.2) is 5.82 Å². The molecule has 5 nitrogen and oxygen atoms in total.